The van der Waals surface area contributed by atoms with Crippen LogP contribution >= 0.6 is 0 Å². The summed E-state index contributed by atoms with van der Waals surface area (Å²) in [7, 11) is 0. The molecule has 0 unspecified atom stereocenters. The molecule has 0 heterocycles. The fourth-order valence-electron chi connectivity index (χ4n) is 4.41. The minimum absolute atomic E-state index is 0.312. The van der Waals surface area contributed by atoms with Crippen LogP contribution in [0.1, 0.15) is 44.6 Å². The lowest BCUT2D eigenvalue weighted by Crippen LogP contribution is -2.63. The summed E-state index contributed by atoms with van der Waals surface area (Å²) in [6, 6.07) is 8.39. The van der Waals surface area contributed by atoms with E-state index in [2.05, 4.69) is 12.2 Å². The van der Waals surface area contributed by atoms with Gasteiger partial charge in [-0.3, -0.25) is 0 Å². The van der Waals surface area contributed by atoms with Gasteiger partial charge in [-0.1, -0.05) is 31.0 Å². The quantitative estimate of drug-likeness (QED) is 0.768. The van der Waals surface area contributed by atoms with Crippen LogP contribution in [0.3, 0.4) is 0 Å². The molecule has 2 N–H and O–H groups in total. The first-order valence-corrected chi connectivity index (χ1v) is 9.37. The van der Waals surface area contributed by atoms with Crippen molar-refractivity contribution in [1.29, 1.82) is 0 Å². The number of para-hydroxylation sites is 1. The predicted molar refractivity (Wildman–Crippen MR) is 95.4 cm³/mol. The Bertz CT molecular complexity index is 527. The van der Waals surface area contributed by atoms with Gasteiger partial charge in [-0.05, 0) is 44.7 Å². The van der Waals surface area contributed by atoms with Gasteiger partial charge in [-0.2, -0.15) is 0 Å². The minimum atomic E-state index is -0.491. The van der Waals surface area contributed by atoms with Crippen LogP contribution in [0, 0.1) is 12.3 Å². The topological polar surface area (TPSA) is 50.7 Å². The first-order chi connectivity index (χ1) is 11.7. The zero-order chi connectivity index (χ0) is 17.0. The predicted octanol–water partition coefficient (Wildman–Crippen LogP) is 3.06. The summed E-state index contributed by atoms with van der Waals surface area (Å²) in [5.74, 6) is 0.851. The SMILES string of the molecule is CCO[C@@H]1C[C@H](NC[C@@H](O)COc2ccccc2C)C12CCCC2. The molecule has 3 rings (SSSR count). The molecular weight excluding hydrogens is 302 g/mol. The van der Waals surface area contributed by atoms with E-state index in [0.717, 1.165) is 24.3 Å². The maximum Gasteiger partial charge on any atom is 0.122 e. The van der Waals surface area contributed by atoms with Gasteiger partial charge < -0.3 is 19.9 Å². The molecule has 0 amide bonds. The van der Waals surface area contributed by atoms with Crippen molar-refractivity contribution in [1.82, 2.24) is 5.32 Å². The minimum Gasteiger partial charge on any atom is -0.491 e. The van der Waals surface area contributed by atoms with Crippen molar-refractivity contribution in [3.8, 4) is 5.75 Å². The molecule has 1 aromatic rings. The zero-order valence-corrected chi connectivity index (χ0v) is 15.0. The average Bonchev–Trinajstić information content (AvgIpc) is 3.09. The Morgan fingerprint density at radius 2 is 2.04 bits per heavy atom. The van der Waals surface area contributed by atoms with E-state index in [1.165, 1.54) is 25.7 Å². The van der Waals surface area contributed by atoms with E-state index >= 15 is 0 Å². The van der Waals surface area contributed by atoms with Gasteiger partial charge in [0.15, 0.2) is 0 Å². The van der Waals surface area contributed by atoms with E-state index in [4.69, 9.17) is 9.47 Å². The molecule has 134 valence electrons. The van der Waals surface area contributed by atoms with E-state index in [-0.39, 0.29) is 0 Å². The fraction of sp³-hybridized carbons (Fsp3) is 0.700. The standard InChI is InChI=1S/C20H31NO3/c1-3-23-19-12-18(20(19)10-6-7-11-20)21-13-16(22)14-24-17-9-5-4-8-15(17)2/h4-5,8-9,16,18-19,21-22H,3,6-7,10-14H2,1-2H3/t16-,18+,19-/m1/s1. The molecular formula is C20H31NO3. The number of rotatable bonds is 8. The van der Waals surface area contributed by atoms with Gasteiger partial charge in [0.05, 0.1) is 6.10 Å². The first kappa shape index (κ1) is 17.7. The summed E-state index contributed by atoms with van der Waals surface area (Å²) >= 11 is 0. The van der Waals surface area contributed by atoms with Crippen molar-refractivity contribution in [2.75, 3.05) is 19.8 Å². The van der Waals surface area contributed by atoms with E-state index in [0.29, 0.717) is 30.7 Å². The van der Waals surface area contributed by atoms with Crippen LogP contribution in [0.15, 0.2) is 24.3 Å². The van der Waals surface area contributed by atoms with Gasteiger partial charge in [0.25, 0.3) is 0 Å². The maximum absolute atomic E-state index is 10.3. The van der Waals surface area contributed by atoms with Crippen LogP contribution in [-0.4, -0.2) is 43.1 Å². The highest BCUT2D eigenvalue weighted by molar-refractivity contribution is 5.31. The Kier molecular flexibility index (Phi) is 5.80. The number of aliphatic hydroxyl groups excluding tert-OH is 1. The molecule has 4 nitrogen and oxygen atoms in total. The number of aliphatic hydroxyl groups is 1. The number of aryl methyl sites for hydroxylation is 1. The second kappa shape index (κ2) is 7.85. The molecule has 3 atom stereocenters. The summed E-state index contributed by atoms with van der Waals surface area (Å²) in [5, 5.41) is 13.8. The fourth-order valence-corrected chi connectivity index (χ4v) is 4.41. The Balaban J connectivity index is 1.45. The Morgan fingerprint density at radius 1 is 1.29 bits per heavy atom. The molecule has 2 fully saturated rings. The number of hydrogen-bond acceptors (Lipinski definition) is 4. The van der Waals surface area contributed by atoms with Crippen molar-refractivity contribution >= 4 is 0 Å². The zero-order valence-electron chi connectivity index (χ0n) is 15.0. The number of benzene rings is 1. The Morgan fingerprint density at radius 3 is 2.75 bits per heavy atom. The van der Waals surface area contributed by atoms with Gasteiger partial charge in [-0.15, -0.1) is 0 Å². The third kappa shape index (κ3) is 3.61. The molecule has 24 heavy (non-hydrogen) atoms. The lowest BCUT2D eigenvalue weighted by molar-refractivity contribution is -0.131. The summed E-state index contributed by atoms with van der Waals surface area (Å²) in [6.07, 6.45) is 6.11. The number of hydrogen-bond donors (Lipinski definition) is 2. The Labute approximate surface area is 145 Å². The van der Waals surface area contributed by atoms with E-state index in [9.17, 15) is 5.11 Å². The molecule has 1 spiro atoms. The van der Waals surface area contributed by atoms with Crippen molar-refractivity contribution in [3.63, 3.8) is 0 Å². The summed E-state index contributed by atoms with van der Waals surface area (Å²) < 4.78 is 11.7. The van der Waals surface area contributed by atoms with Crippen LogP contribution in [0.5, 0.6) is 5.75 Å². The molecule has 1 aromatic carbocycles. The third-order valence-corrected chi connectivity index (χ3v) is 5.81. The molecule has 0 saturated heterocycles. The van der Waals surface area contributed by atoms with Crippen molar-refractivity contribution in [2.24, 2.45) is 5.41 Å². The normalized spacial score (nSPS) is 26.3. The van der Waals surface area contributed by atoms with Crippen LogP contribution in [0.2, 0.25) is 0 Å². The molecule has 0 aromatic heterocycles. The maximum atomic E-state index is 10.3. The average molecular weight is 333 g/mol. The smallest absolute Gasteiger partial charge is 0.122 e. The highest BCUT2D eigenvalue weighted by atomic mass is 16.5. The summed E-state index contributed by atoms with van der Waals surface area (Å²) in [5.41, 5.74) is 1.41. The molecule has 0 radical (unpaired) electrons. The first-order valence-electron chi connectivity index (χ1n) is 9.37. The molecule has 2 saturated carbocycles. The van der Waals surface area contributed by atoms with Gasteiger partial charge in [0, 0.05) is 24.6 Å². The molecule has 0 aliphatic heterocycles. The van der Waals surface area contributed by atoms with Crippen LogP contribution in [0.4, 0.5) is 0 Å². The van der Waals surface area contributed by atoms with E-state index in [1.807, 2.05) is 31.2 Å². The molecule has 2 aliphatic rings. The van der Waals surface area contributed by atoms with Gasteiger partial charge >= 0.3 is 0 Å². The van der Waals surface area contributed by atoms with Gasteiger partial charge in [0.2, 0.25) is 0 Å². The third-order valence-electron chi connectivity index (χ3n) is 5.81. The van der Waals surface area contributed by atoms with Gasteiger partial charge in [0.1, 0.15) is 18.5 Å². The van der Waals surface area contributed by atoms with E-state index in [1.54, 1.807) is 0 Å². The van der Waals surface area contributed by atoms with Crippen LogP contribution < -0.4 is 10.1 Å². The molecule has 2 aliphatic carbocycles. The number of nitrogens with one attached hydrogen (secondary N) is 1. The summed E-state index contributed by atoms with van der Waals surface area (Å²) in [6.45, 7) is 5.80. The Hall–Kier alpha value is -1.10. The summed E-state index contributed by atoms with van der Waals surface area (Å²) in [4.78, 5) is 0. The van der Waals surface area contributed by atoms with Crippen molar-refractivity contribution in [3.05, 3.63) is 29.8 Å². The molecule has 4 heteroatoms. The van der Waals surface area contributed by atoms with E-state index < -0.39 is 6.10 Å². The second-order valence-corrected chi connectivity index (χ2v) is 7.31. The van der Waals surface area contributed by atoms with Crippen LogP contribution in [0.25, 0.3) is 0 Å². The number of ether oxygens (including phenoxy) is 2. The largest absolute Gasteiger partial charge is 0.491 e. The monoisotopic (exact) mass is 333 g/mol. The highest BCUT2D eigenvalue weighted by Crippen LogP contribution is 2.54. The van der Waals surface area contributed by atoms with Crippen LogP contribution in [-0.2, 0) is 4.74 Å². The second-order valence-electron chi connectivity index (χ2n) is 7.31. The highest BCUT2D eigenvalue weighted by Gasteiger charge is 2.56. The van der Waals surface area contributed by atoms with Gasteiger partial charge in [-0.25, -0.2) is 0 Å². The van der Waals surface area contributed by atoms with Crippen molar-refractivity contribution < 1.29 is 14.6 Å². The van der Waals surface area contributed by atoms with Crippen molar-refractivity contribution in [2.45, 2.75) is 64.2 Å². The lowest BCUT2D eigenvalue weighted by Gasteiger charge is -2.54. The lowest BCUT2D eigenvalue weighted by atomic mass is 9.60. The molecule has 0 bridgehead atoms.